The first-order valence-electron chi connectivity index (χ1n) is 15.4. The number of anilines is 2. The van der Waals surface area contributed by atoms with E-state index in [4.69, 9.17) is 13.9 Å². The Morgan fingerprint density at radius 1 is 1.11 bits per heavy atom. The lowest BCUT2D eigenvalue weighted by Gasteiger charge is -2.27. The molecule has 2 saturated carbocycles. The highest BCUT2D eigenvalue weighted by molar-refractivity contribution is 6.03. The molecule has 2 N–H and O–H groups in total. The Labute approximate surface area is 262 Å². The molecule has 13 nitrogen and oxygen atoms in total. The summed E-state index contributed by atoms with van der Waals surface area (Å²) in [4.78, 5) is 48.6. The van der Waals surface area contributed by atoms with E-state index >= 15 is 0 Å². The number of oxazole rings is 1. The molecular weight excluding hydrogens is 580 g/mol. The second-order valence-electron chi connectivity index (χ2n) is 13.4. The van der Waals surface area contributed by atoms with Gasteiger partial charge in [0, 0.05) is 24.5 Å². The maximum absolute atomic E-state index is 13.3. The fourth-order valence-electron chi connectivity index (χ4n) is 5.40. The number of hydrogen-bond donors (Lipinski definition) is 2. The van der Waals surface area contributed by atoms with Gasteiger partial charge < -0.3 is 24.3 Å². The normalized spacial score (nSPS) is 18.7. The van der Waals surface area contributed by atoms with E-state index in [0.717, 1.165) is 12.8 Å². The Morgan fingerprint density at radius 3 is 2.44 bits per heavy atom. The number of esters is 1. The fraction of sp³-hybridized carbons (Fsp3) is 0.562. The highest BCUT2D eigenvalue weighted by Gasteiger charge is 2.33. The summed E-state index contributed by atoms with van der Waals surface area (Å²) in [5.74, 6) is 0.107. The Morgan fingerprint density at radius 2 is 1.82 bits per heavy atom. The van der Waals surface area contributed by atoms with Crippen LogP contribution in [0.5, 0.6) is 0 Å². The number of rotatable bonds is 9. The molecule has 2 fully saturated rings. The van der Waals surface area contributed by atoms with Gasteiger partial charge in [0.15, 0.2) is 5.69 Å². The van der Waals surface area contributed by atoms with Crippen molar-refractivity contribution in [2.24, 2.45) is 11.8 Å². The van der Waals surface area contributed by atoms with E-state index in [2.05, 4.69) is 20.4 Å². The first-order valence-corrected chi connectivity index (χ1v) is 15.4. The lowest BCUT2D eigenvalue weighted by Crippen LogP contribution is -2.38. The van der Waals surface area contributed by atoms with Crippen molar-refractivity contribution in [3.8, 4) is 11.5 Å². The maximum Gasteiger partial charge on any atom is 0.416 e. The number of pyridine rings is 1. The molecule has 0 atom stereocenters. The maximum atomic E-state index is 13.3. The van der Waals surface area contributed by atoms with Crippen molar-refractivity contribution in [1.82, 2.24) is 19.7 Å². The van der Waals surface area contributed by atoms with Crippen molar-refractivity contribution in [1.29, 1.82) is 0 Å². The minimum absolute atomic E-state index is 0.0114. The zero-order valence-corrected chi connectivity index (χ0v) is 26.7. The van der Waals surface area contributed by atoms with Crippen molar-refractivity contribution in [3.63, 3.8) is 0 Å². The van der Waals surface area contributed by atoms with Gasteiger partial charge in [-0.25, -0.2) is 14.8 Å². The highest BCUT2D eigenvalue weighted by Crippen LogP contribution is 2.36. The minimum atomic E-state index is -1.33. The number of carbonyl (C=O) groups excluding carboxylic acids is 3. The van der Waals surface area contributed by atoms with Crippen LogP contribution in [-0.4, -0.2) is 62.1 Å². The van der Waals surface area contributed by atoms with Crippen LogP contribution >= 0.6 is 0 Å². The van der Waals surface area contributed by atoms with Crippen LogP contribution < -0.4 is 10.2 Å². The zero-order valence-electron chi connectivity index (χ0n) is 26.7. The summed E-state index contributed by atoms with van der Waals surface area (Å²) in [7, 11) is 1.40. The summed E-state index contributed by atoms with van der Waals surface area (Å²) in [6.45, 7) is 9.14. The van der Waals surface area contributed by atoms with Gasteiger partial charge in [-0.3, -0.25) is 19.2 Å². The third kappa shape index (κ3) is 7.88. The second kappa shape index (κ2) is 12.6. The molecule has 0 aliphatic heterocycles. The number of ether oxygens (including phenoxy) is 2. The van der Waals surface area contributed by atoms with Crippen LogP contribution in [0.15, 0.2) is 35.2 Å². The van der Waals surface area contributed by atoms with Crippen molar-refractivity contribution < 1.29 is 33.4 Å². The Hall–Kier alpha value is -4.26. The van der Waals surface area contributed by atoms with E-state index in [1.807, 2.05) is 20.8 Å². The topological polar surface area (TPSA) is 162 Å². The van der Waals surface area contributed by atoms with E-state index in [-0.39, 0.29) is 29.5 Å². The molecule has 3 aromatic rings. The van der Waals surface area contributed by atoms with Gasteiger partial charge in [-0.1, -0.05) is 0 Å². The summed E-state index contributed by atoms with van der Waals surface area (Å²) >= 11 is 0. The Kier molecular flexibility index (Phi) is 9.02. The molecule has 0 saturated heterocycles. The van der Waals surface area contributed by atoms with Crippen molar-refractivity contribution in [2.45, 2.75) is 90.4 Å². The number of methoxy groups -OCH3 is 1. The monoisotopic (exact) mass is 622 g/mol. The number of hydrogen-bond acceptors (Lipinski definition) is 10. The largest absolute Gasteiger partial charge is 0.469 e. The lowest BCUT2D eigenvalue weighted by molar-refractivity contribution is -0.146. The molecule has 0 radical (unpaired) electrons. The number of amides is 2. The van der Waals surface area contributed by atoms with Gasteiger partial charge in [0.25, 0.3) is 5.91 Å². The van der Waals surface area contributed by atoms with Crippen LogP contribution in [0.2, 0.25) is 0 Å². The summed E-state index contributed by atoms with van der Waals surface area (Å²) in [5.41, 5.74) is -0.764. The third-order valence-electron chi connectivity index (χ3n) is 7.92. The van der Waals surface area contributed by atoms with Gasteiger partial charge in [0.05, 0.1) is 24.8 Å². The standard InChI is InChI=1S/C32H42N6O7/c1-31(2,3)45-30(41)37(16-19-7-8-19)25-15-21(13-14-33-25)28-35-24(18-44-28)27(39)34-23-17-38(36-26(23)32(4,5)42)22-11-9-20(10-12-22)29(40)43-6/h13-15,17-20,22,42H,7-12,16H2,1-6H3,(H,34,39)/t20-,22-. The van der Waals surface area contributed by atoms with E-state index in [9.17, 15) is 19.5 Å². The van der Waals surface area contributed by atoms with Crippen LogP contribution in [0.3, 0.4) is 0 Å². The zero-order chi connectivity index (χ0) is 32.5. The van der Waals surface area contributed by atoms with E-state index in [0.29, 0.717) is 60.9 Å². The van der Waals surface area contributed by atoms with E-state index in [1.165, 1.54) is 18.3 Å². The van der Waals surface area contributed by atoms with Gasteiger partial charge in [-0.15, -0.1) is 0 Å². The molecule has 3 aromatic heterocycles. The summed E-state index contributed by atoms with van der Waals surface area (Å²) < 4.78 is 17.9. The minimum Gasteiger partial charge on any atom is -0.469 e. The molecular formula is C32H42N6O7. The van der Waals surface area contributed by atoms with E-state index in [1.54, 1.807) is 43.1 Å². The average molecular weight is 623 g/mol. The first kappa shape index (κ1) is 32.1. The predicted molar refractivity (Wildman–Crippen MR) is 164 cm³/mol. The molecule has 242 valence electrons. The second-order valence-corrected chi connectivity index (χ2v) is 13.4. The average Bonchev–Trinajstić information content (AvgIpc) is 3.48. The first-order chi connectivity index (χ1) is 21.2. The van der Waals surface area contributed by atoms with Crippen LogP contribution in [0.1, 0.15) is 95.4 Å². The molecule has 5 rings (SSSR count). The summed E-state index contributed by atoms with van der Waals surface area (Å²) in [5, 5.41) is 18.3. The van der Waals surface area contributed by atoms with Gasteiger partial charge in [0.2, 0.25) is 5.89 Å². The van der Waals surface area contributed by atoms with Gasteiger partial charge >= 0.3 is 12.1 Å². The summed E-state index contributed by atoms with van der Waals surface area (Å²) in [6, 6.07) is 3.38. The fourth-order valence-corrected chi connectivity index (χ4v) is 5.40. The molecule has 13 heteroatoms. The van der Waals surface area contributed by atoms with Crippen molar-refractivity contribution in [3.05, 3.63) is 42.2 Å². The van der Waals surface area contributed by atoms with Crippen LogP contribution in [0.4, 0.5) is 16.3 Å². The number of nitrogens with zero attached hydrogens (tertiary/aromatic N) is 5. The molecule has 0 unspecified atom stereocenters. The van der Waals surface area contributed by atoms with Gasteiger partial charge in [-0.2, -0.15) is 5.10 Å². The lowest BCUT2D eigenvalue weighted by atomic mass is 9.86. The molecule has 2 aliphatic rings. The predicted octanol–water partition coefficient (Wildman–Crippen LogP) is 5.47. The van der Waals surface area contributed by atoms with Crippen molar-refractivity contribution in [2.75, 3.05) is 23.9 Å². The number of nitrogens with one attached hydrogen (secondary N) is 1. The third-order valence-corrected chi connectivity index (χ3v) is 7.92. The van der Waals surface area contributed by atoms with E-state index < -0.39 is 23.2 Å². The highest BCUT2D eigenvalue weighted by atomic mass is 16.6. The van der Waals surface area contributed by atoms with Crippen molar-refractivity contribution >= 4 is 29.5 Å². The quantitative estimate of drug-likeness (QED) is 0.293. The SMILES string of the molecule is COC(=O)[C@H]1CC[C@H](n2cc(NC(=O)c3coc(-c4ccnc(N(CC5CC5)C(=O)OC(C)(C)C)c4)n3)c(C(C)(C)O)n2)CC1. The van der Waals surface area contributed by atoms with Crippen LogP contribution in [0, 0.1) is 11.8 Å². The number of aromatic nitrogens is 4. The van der Waals surface area contributed by atoms with Crippen LogP contribution in [0.25, 0.3) is 11.5 Å². The Bertz CT molecular complexity index is 1540. The molecule has 2 amide bonds. The van der Waals surface area contributed by atoms with Crippen LogP contribution in [-0.2, 0) is 19.9 Å². The molecule has 0 spiro atoms. The summed E-state index contributed by atoms with van der Waals surface area (Å²) in [6.07, 6.45) is 8.89. The van der Waals surface area contributed by atoms with Gasteiger partial charge in [0.1, 0.15) is 29.0 Å². The smallest absolute Gasteiger partial charge is 0.416 e. The molecule has 0 aromatic carbocycles. The molecule has 2 aliphatic carbocycles. The number of carbonyl (C=O) groups is 3. The van der Waals surface area contributed by atoms with Gasteiger partial charge in [-0.05, 0) is 91.2 Å². The molecule has 45 heavy (non-hydrogen) atoms. The Balaban J connectivity index is 1.32. The molecule has 3 heterocycles. The number of aliphatic hydroxyl groups is 1. The molecule has 0 bridgehead atoms.